The summed E-state index contributed by atoms with van der Waals surface area (Å²) in [5, 5.41) is 12.3. The quantitative estimate of drug-likeness (QED) is 0.378. The van der Waals surface area contributed by atoms with Gasteiger partial charge in [-0.05, 0) is 42.4 Å². The van der Waals surface area contributed by atoms with E-state index < -0.39 is 0 Å². The van der Waals surface area contributed by atoms with E-state index >= 15 is 0 Å². The zero-order valence-corrected chi connectivity index (χ0v) is 10.5. The third-order valence-electron chi connectivity index (χ3n) is 1.84. The van der Waals surface area contributed by atoms with E-state index in [2.05, 4.69) is 19.5 Å². The van der Waals surface area contributed by atoms with Gasteiger partial charge in [0, 0.05) is 11.8 Å². The molecule has 2 heterocycles. The molecule has 0 aliphatic carbocycles. The fraction of sp³-hybridized carbons (Fsp3) is 0.111. The molecule has 0 aliphatic heterocycles. The molecule has 2 rings (SSSR count). The first-order valence-corrected chi connectivity index (χ1v) is 6.20. The van der Waals surface area contributed by atoms with Gasteiger partial charge in [-0.15, -0.1) is 0 Å². The fourth-order valence-electron chi connectivity index (χ4n) is 1.09. The Morgan fingerprint density at radius 2 is 2.41 bits per heavy atom. The Labute approximate surface area is 106 Å². The van der Waals surface area contributed by atoms with Gasteiger partial charge >= 0.3 is 0 Å². The van der Waals surface area contributed by atoms with Crippen molar-refractivity contribution in [3.63, 3.8) is 0 Å². The van der Waals surface area contributed by atoms with Crippen molar-refractivity contribution in [2.45, 2.75) is 16.3 Å². The Balaban J connectivity index is 2.22. The van der Waals surface area contributed by atoms with Crippen molar-refractivity contribution >= 4 is 29.1 Å². The Hall–Kier alpha value is -1.67. The summed E-state index contributed by atoms with van der Waals surface area (Å²) in [6.07, 6.45) is 1.60. The molecule has 0 bridgehead atoms. The van der Waals surface area contributed by atoms with Gasteiger partial charge in [0.05, 0.1) is 0 Å². The highest BCUT2D eigenvalue weighted by Gasteiger charge is 2.06. The summed E-state index contributed by atoms with van der Waals surface area (Å²) in [6.45, 7) is 1.83. The van der Waals surface area contributed by atoms with Gasteiger partial charge in [-0.2, -0.15) is 4.37 Å². The van der Waals surface area contributed by atoms with Crippen molar-refractivity contribution in [3.05, 3.63) is 29.7 Å². The standard InChI is InChI=1S/C9H9N5OS2/c1-5-12-9(17-14-5)16-7-4-6(2-3-11-7)8(10)13-15/h2-4,15H,1H3,(H2,10,13). The third kappa shape index (κ3) is 2.92. The van der Waals surface area contributed by atoms with Gasteiger partial charge in [0.2, 0.25) is 0 Å². The van der Waals surface area contributed by atoms with Crippen LogP contribution in [-0.2, 0) is 0 Å². The first kappa shape index (κ1) is 11.8. The van der Waals surface area contributed by atoms with Gasteiger partial charge in [-0.25, -0.2) is 9.97 Å². The molecule has 3 N–H and O–H groups in total. The number of rotatable bonds is 3. The van der Waals surface area contributed by atoms with E-state index in [1.54, 1.807) is 18.3 Å². The number of aromatic nitrogens is 3. The summed E-state index contributed by atoms with van der Waals surface area (Å²) in [7, 11) is 0. The second-order valence-corrected chi connectivity index (χ2v) is 5.10. The lowest BCUT2D eigenvalue weighted by molar-refractivity contribution is 0.318. The fourth-order valence-corrected chi connectivity index (χ4v) is 2.69. The van der Waals surface area contributed by atoms with Crippen molar-refractivity contribution in [1.82, 2.24) is 14.3 Å². The van der Waals surface area contributed by atoms with Crippen LogP contribution in [0.2, 0.25) is 0 Å². The highest BCUT2D eigenvalue weighted by Crippen LogP contribution is 2.27. The lowest BCUT2D eigenvalue weighted by Crippen LogP contribution is -2.13. The molecule has 6 nitrogen and oxygen atoms in total. The number of aryl methyl sites for hydroxylation is 1. The number of pyridine rings is 1. The molecule has 0 fully saturated rings. The average Bonchev–Trinajstić information content (AvgIpc) is 2.74. The van der Waals surface area contributed by atoms with Crippen LogP contribution in [0.25, 0.3) is 0 Å². The van der Waals surface area contributed by atoms with Gasteiger partial charge in [-0.1, -0.05) is 5.16 Å². The second-order valence-electron chi connectivity index (χ2n) is 3.08. The van der Waals surface area contributed by atoms with Crippen molar-refractivity contribution in [2.75, 3.05) is 0 Å². The Bertz CT molecular complexity index is 554. The molecule has 0 radical (unpaired) electrons. The van der Waals surface area contributed by atoms with Gasteiger partial charge in [0.1, 0.15) is 10.9 Å². The lowest BCUT2D eigenvalue weighted by Gasteiger charge is -2.00. The number of hydrogen-bond acceptors (Lipinski definition) is 7. The highest BCUT2D eigenvalue weighted by molar-refractivity contribution is 8.00. The summed E-state index contributed by atoms with van der Waals surface area (Å²) in [5.41, 5.74) is 6.12. The summed E-state index contributed by atoms with van der Waals surface area (Å²) in [4.78, 5) is 8.39. The monoisotopic (exact) mass is 267 g/mol. The Morgan fingerprint density at radius 3 is 3.06 bits per heavy atom. The maximum Gasteiger partial charge on any atom is 0.176 e. The minimum absolute atomic E-state index is 0.0581. The number of amidine groups is 1. The van der Waals surface area contributed by atoms with Gasteiger partial charge in [0.15, 0.2) is 10.2 Å². The SMILES string of the molecule is Cc1nsc(Sc2cc(C(N)=NO)ccn2)n1. The molecule has 0 amide bonds. The predicted octanol–water partition coefficient (Wildman–Crippen LogP) is 1.49. The molecule has 0 spiro atoms. The molecule has 0 unspecified atom stereocenters. The van der Waals surface area contributed by atoms with Crippen LogP contribution < -0.4 is 5.73 Å². The van der Waals surface area contributed by atoms with Crippen LogP contribution in [0.1, 0.15) is 11.4 Å². The molecule has 0 aliphatic rings. The summed E-state index contributed by atoms with van der Waals surface area (Å²) < 4.78 is 4.89. The van der Waals surface area contributed by atoms with E-state index in [1.165, 1.54) is 23.3 Å². The van der Waals surface area contributed by atoms with E-state index in [0.29, 0.717) is 5.56 Å². The van der Waals surface area contributed by atoms with Crippen molar-refractivity contribution in [3.8, 4) is 0 Å². The predicted molar refractivity (Wildman–Crippen MR) is 65.5 cm³/mol. The van der Waals surface area contributed by atoms with Gasteiger partial charge < -0.3 is 10.9 Å². The molecular formula is C9H9N5OS2. The van der Waals surface area contributed by atoms with Crippen LogP contribution in [0.3, 0.4) is 0 Å². The lowest BCUT2D eigenvalue weighted by atomic mass is 10.2. The summed E-state index contributed by atoms with van der Waals surface area (Å²) in [5.74, 6) is 0.799. The topological polar surface area (TPSA) is 97.3 Å². The number of nitrogens with zero attached hydrogens (tertiary/aromatic N) is 4. The minimum Gasteiger partial charge on any atom is -0.409 e. The zero-order chi connectivity index (χ0) is 12.3. The van der Waals surface area contributed by atoms with Crippen LogP contribution in [0.4, 0.5) is 0 Å². The highest BCUT2D eigenvalue weighted by atomic mass is 32.2. The molecule has 8 heteroatoms. The normalized spacial score (nSPS) is 11.7. The maximum absolute atomic E-state index is 8.59. The summed E-state index contributed by atoms with van der Waals surface area (Å²) in [6, 6.07) is 3.40. The first-order valence-electron chi connectivity index (χ1n) is 4.61. The number of hydrogen-bond donors (Lipinski definition) is 2. The molecule has 88 valence electrons. The second kappa shape index (κ2) is 5.11. The molecule has 0 atom stereocenters. The largest absolute Gasteiger partial charge is 0.409 e. The molecule has 17 heavy (non-hydrogen) atoms. The van der Waals surface area contributed by atoms with E-state index in [9.17, 15) is 0 Å². The Morgan fingerprint density at radius 1 is 1.59 bits per heavy atom. The molecule has 0 saturated carbocycles. The van der Waals surface area contributed by atoms with Crippen molar-refractivity contribution in [2.24, 2.45) is 10.9 Å². The smallest absolute Gasteiger partial charge is 0.176 e. The van der Waals surface area contributed by atoms with E-state index in [4.69, 9.17) is 10.9 Å². The number of oxime groups is 1. The van der Waals surface area contributed by atoms with Crippen molar-refractivity contribution in [1.29, 1.82) is 0 Å². The van der Waals surface area contributed by atoms with Crippen LogP contribution in [0, 0.1) is 6.92 Å². The molecule has 2 aromatic heterocycles. The molecule has 0 aromatic carbocycles. The van der Waals surface area contributed by atoms with Crippen LogP contribution in [0.15, 0.2) is 32.9 Å². The van der Waals surface area contributed by atoms with Crippen molar-refractivity contribution < 1.29 is 5.21 Å². The number of nitrogens with two attached hydrogens (primary N) is 1. The summed E-state index contributed by atoms with van der Waals surface area (Å²) >= 11 is 2.71. The zero-order valence-electron chi connectivity index (χ0n) is 8.86. The van der Waals surface area contributed by atoms with E-state index in [1.807, 2.05) is 6.92 Å². The van der Waals surface area contributed by atoms with Crippen LogP contribution in [0.5, 0.6) is 0 Å². The Kier molecular flexibility index (Phi) is 3.55. The molecular weight excluding hydrogens is 258 g/mol. The van der Waals surface area contributed by atoms with Crippen LogP contribution in [-0.4, -0.2) is 25.4 Å². The van der Waals surface area contributed by atoms with Gasteiger partial charge in [-0.3, -0.25) is 0 Å². The first-order chi connectivity index (χ1) is 8.19. The van der Waals surface area contributed by atoms with Gasteiger partial charge in [0.25, 0.3) is 0 Å². The average molecular weight is 267 g/mol. The third-order valence-corrected chi connectivity index (χ3v) is 3.61. The molecule has 0 saturated heterocycles. The van der Waals surface area contributed by atoms with E-state index in [0.717, 1.165) is 15.2 Å². The molecule has 2 aromatic rings. The van der Waals surface area contributed by atoms with Crippen LogP contribution >= 0.6 is 23.3 Å². The van der Waals surface area contributed by atoms with E-state index in [-0.39, 0.29) is 5.84 Å². The maximum atomic E-state index is 8.59. The minimum atomic E-state index is 0.0581.